The lowest BCUT2D eigenvalue weighted by atomic mass is 9.83. The van der Waals surface area contributed by atoms with Crippen molar-refractivity contribution in [3.8, 4) is 0 Å². The lowest BCUT2D eigenvalue weighted by molar-refractivity contribution is 0.254. The molecule has 0 amide bonds. The van der Waals surface area contributed by atoms with Crippen molar-refractivity contribution in [2.45, 2.75) is 51.6 Å². The van der Waals surface area contributed by atoms with Gasteiger partial charge in [0.15, 0.2) is 0 Å². The zero-order valence-electron chi connectivity index (χ0n) is 7.82. The summed E-state index contributed by atoms with van der Waals surface area (Å²) < 4.78 is 0. The van der Waals surface area contributed by atoms with Crippen LogP contribution in [0.25, 0.3) is 0 Å². The first-order valence-corrected chi connectivity index (χ1v) is 4.53. The molecule has 0 aromatic heterocycles. The molecule has 1 aliphatic heterocycles. The van der Waals surface area contributed by atoms with Gasteiger partial charge in [0.1, 0.15) is 0 Å². The molecule has 0 aliphatic carbocycles. The van der Waals surface area contributed by atoms with Crippen LogP contribution in [-0.4, -0.2) is 15.9 Å². The van der Waals surface area contributed by atoms with Gasteiger partial charge in [-0.15, -0.1) is 0 Å². The average molecular weight is 171 g/mol. The Hall–Kier alpha value is 0.0500. The Bertz CT molecular complexity index is 164. The number of hydrogen-bond donors (Lipinski definition) is 1. The summed E-state index contributed by atoms with van der Waals surface area (Å²) in [6, 6.07) is 0. The molecule has 0 spiro atoms. The van der Waals surface area contributed by atoms with Crippen LogP contribution in [0.2, 0.25) is 0 Å². The van der Waals surface area contributed by atoms with Crippen molar-refractivity contribution in [1.29, 1.82) is 0 Å². The SMILES string of the molecule is CC1(C)CC(=S)CC(C)(C)N1. The first-order chi connectivity index (χ1) is 4.81. The molecule has 64 valence electrons. The number of nitrogens with one attached hydrogen (secondary N) is 1. The van der Waals surface area contributed by atoms with Gasteiger partial charge < -0.3 is 5.32 Å². The minimum Gasteiger partial charge on any atom is -0.306 e. The molecule has 0 saturated carbocycles. The van der Waals surface area contributed by atoms with Crippen LogP contribution in [0.5, 0.6) is 0 Å². The number of hydrogen-bond acceptors (Lipinski definition) is 2. The molecule has 11 heavy (non-hydrogen) atoms. The molecule has 1 rings (SSSR count). The van der Waals surface area contributed by atoms with E-state index in [1.54, 1.807) is 0 Å². The summed E-state index contributed by atoms with van der Waals surface area (Å²) in [5.74, 6) is 0. The monoisotopic (exact) mass is 171 g/mol. The lowest BCUT2D eigenvalue weighted by Crippen LogP contribution is -2.57. The van der Waals surface area contributed by atoms with Crippen LogP contribution in [0.1, 0.15) is 40.5 Å². The van der Waals surface area contributed by atoms with E-state index in [2.05, 4.69) is 33.0 Å². The molecule has 1 nitrogen and oxygen atoms in total. The molecule has 1 N–H and O–H groups in total. The highest BCUT2D eigenvalue weighted by Gasteiger charge is 2.34. The van der Waals surface area contributed by atoms with Crippen LogP contribution < -0.4 is 5.32 Å². The first-order valence-electron chi connectivity index (χ1n) is 4.12. The largest absolute Gasteiger partial charge is 0.306 e. The second-order valence-electron chi connectivity index (χ2n) is 4.78. The highest BCUT2D eigenvalue weighted by molar-refractivity contribution is 7.80. The second kappa shape index (κ2) is 2.53. The van der Waals surface area contributed by atoms with Crippen molar-refractivity contribution in [3.63, 3.8) is 0 Å². The topological polar surface area (TPSA) is 12.0 Å². The summed E-state index contributed by atoms with van der Waals surface area (Å²) in [6.07, 6.45) is 2.07. The maximum atomic E-state index is 5.26. The van der Waals surface area contributed by atoms with Gasteiger partial charge in [-0.05, 0) is 45.4 Å². The third kappa shape index (κ3) is 2.53. The zero-order chi connectivity index (χ0) is 8.70. The lowest BCUT2D eigenvalue weighted by Gasteiger charge is -2.42. The maximum absolute atomic E-state index is 5.26. The fraction of sp³-hybridized carbons (Fsp3) is 0.889. The van der Waals surface area contributed by atoms with E-state index in [4.69, 9.17) is 12.2 Å². The predicted molar refractivity (Wildman–Crippen MR) is 53.1 cm³/mol. The van der Waals surface area contributed by atoms with E-state index in [1.807, 2.05) is 0 Å². The fourth-order valence-electron chi connectivity index (χ4n) is 2.05. The van der Waals surface area contributed by atoms with Crippen LogP contribution in [0, 0.1) is 0 Å². The van der Waals surface area contributed by atoms with Crippen LogP contribution in [0.4, 0.5) is 0 Å². The summed E-state index contributed by atoms with van der Waals surface area (Å²) in [7, 11) is 0. The number of thiocarbonyl (C=S) groups is 1. The van der Waals surface area contributed by atoms with Gasteiger partial charge in [0, 0.05) is 11.1 Å². The minimum absolute atomic E-state index is 0.193. The Kier molecular flexibility index (Phi) is 2.10. The Morgan fingerprint density at radius 1 is 1.09 bits per heavy atom. The Morgan fingerprint density at radius 2 is 1.45 bits per heavy atom. The van der Waals surface area contributed by atoms with Gasteiger partial charge in [-0.2, -0.15) is 0 Å². The van der Waals surface area contributed by atoms with Crippen molar-refractivity contribution in [2.24, 2.45) is 0 Å². The van der Waals surface area contributed by atoms with Gasteiger partial charge in [0.2, 0.25) is 0 Å². The third-order valence-corrected chi connectivity index (χ3v) is 2.24. The van der Waals surface area contributed by atoms with Gasteiger partial charge in [-0.3, -0.25) is 0 Å². The molecule has 1 aliphatic rings. The van der Waals surface area contributed by atoms with Crippen LogP contribution >= 0.6 is 12.2 Å². The van der Waals surface area contributed by atoms with Gasteiger partial charge in [0.05, 0.1) is 0 Å². The third-order valence-electron chi connectivity index (χ3n) is 1.95. The smallest absolute Gasteiger partial charge is 0.0175 e. The summed E-state index contributed by atoms with van der Waals surface area (Å²) >= 11 is 5.26. The van der Waals surface area contributed by atoms with Crippen LogP contribution in [-0.2, 0) is 0 Å². The van der Waals surface area contributed by atoms with Crippen molar-refractivity contribution < 1.29 is 0 Å². The van der Waals surface area contributed by atoms with E-state index < -0.39 is 0 Å². The van der Waals surface area contributed by atoms with Crippen molar-refractivity contribution in [2.75, 3.05) is 0 Å². The predicted octanol–water partition coefficient (Wildman–Crippen LogP) is 2.30. The summed E-state index contributed by atoms with van der Waals surface area (Å²) in [5, 5.41) is 3.57. The fourth-order valence-corrected chi connectivity index (χ4v) is 2.77. The van der Waals surface area contributed by atoms with E-state index in [0.717, 1.165) is 12.8 Å². The highest BCUT2D eigenvalue weighted by atomic mass is 32.1. The second-order valence-corrected chi connectivity index (χ2v) is 5.36. The highest BCUT2D eigenvalue weighted by Crippen LogP contribution is 2.26. The molecule has 0 aromatic carbocycles. The molecule has 0 unspecified atom stereocenters. The Morgan fingerprint density at radius 3 is 1.73 bits per heavy atom. The van der Waals surface area contributed by atoms with E-state index in [0.29, 0.717) is 0 Å². The Labute approximate surface area is 74.6 Å². The van der Waals surface area contributed by atoms with Gasteiger partial charge in [-0.25, -0.2) is 0 Å². The van der Waals surface area contributed by atoms with E-state index in [9.17, 15) is 0 Å². The van der Waals surface area contributed by atoms with Crippen LogP contribution in [0.15, 0.2) is 0 Å². The van der Waals surface area contributed by atoms with Crippen LogP contribution in [0.3, 0.4) is 0 Å². The molecule has 0 radical (unpaired) electrons. The first kappa shape index (κ1) is 9.14. The van der Waals surface area contributed by atoms with Crippen molar-refractivity contribution in [1.82, 2.24) is 5.32 Å². The normalized spacial score (nSPS) is 28.5. The van der Waals surface area contributed by atoms with E-state index in [-0.39, 0.29) is 11.1 Å². The van der Waals surface area contributed by atoms with Gasteiger partial charge in [-0.1, -0.05) is 12.2 Å². The summed E-state index contributed by atoms with van der Waals surface area (Å²) in [6.45, 7) is 8.83. The molecule has 0 bridgehead atoms. The zero-order valence-corrected chi connectivity index (χ0v) is 8.64. The minimum atomic E-state index is 0.193. The van der Waals surface area contributed by atoms with Gasteiger partial charge >= 0.3 is 0 Å². The van der Waals surface area contributed by atoms with E-state index in [1.165, 1.54) is 4.86 Å². The van der Waals surface area contributed by atoms with Gasteiger partial charge in [0.25, 0.3) is 0 Å². The molecule has 2 heteroatoms. The average Bonchev–Trinajstić information content (AvgIpc) is 1.49. The molecule has 1 saturated heterocycles. The number of rotatable bonds is 0. The molecule has 1 fully saturated rings. The molecular weight excluding hydrogens is 154 g/mol. The van der Waals surface area contributed by atoms with Crippen molar-refractivity contribution in [3.05, 3.63) is 0 Å². The number of piperidine rings is 1. The summed E-state index contributed by atoms with van der Waals surface area (Å²) in [5.41, 5.74) is 0.387. The maximum Gasteiger partial charge on any atom is 0.0175 e. The standard InChI is InChI=1S/C9H17NS/c1-8(2)5-7(11)6-9(3,4)10-8/h10H,5-6H2,1-4H3. The quantitative estimate of drug-likeness (QED) is 0.561. The van der Waals surface area contributed by atoms with E-state index >= 15 is 0 Å². The summed E-state index contributed by atoms with van der Waals surface area (Å²) in [4.78, 5) is 1.21. The van der Waals surface area contributed by atoms with Crippen molar-refractivity contribution >= 4 is 17.1 Å². The Balaban J connectivity index is 2.74. The molecular formula is C9H17NS. The molecule has 1 heterocycles. The molecule has 0 aromatic rings. The molecule has 0 atom stereocenters.